The molecule has 2 aromatic heterocycles. The maximum absolute atomic E-state index is 12.0. The van der Waals surface area contributed by atoms with Crippen LogP contribution < -0.4 is 15.8 Å². The van der Waals surface area contributed by atoms with Crippen molar-refractivity contribution in [3.8, 4) is 11.6 Å². The third-order valence-corrected chi connectivity index (χ3v) is 4.51. The molecule has 150 valence electrons. The Morgan fingerprint density at radius 2 is 1.80 bits per heavy atom. The molecule has 2 heterocycles. The van der Waals surface area contributed by atoms with Crippen LogP contribution in [-0.2, 0) is 11.3 Å². The van der Waals surface area contributed by atoms with Crippen molar-refractivity contribution in [2.45, 2.75) is 6.54 Å². The van der Waals surface area contributed by atoms with Crippen LogP contribution in [0, 0.1) is 0 Å². The number of para-hydroxylation sites is 2. The third-order valence-electron chi connectivity index (χ3n) is 4.51. The summed E-state index contributed by atoms with van der Waals surface area (Å²) in [6, 6.07) is 17.9. The lowest BCUT2D eigenvalue weighted by atomic mass is 10.2. The Labute approximate surface area is 172 Å². The van der Waals surface area contributed by atoms with E-state index in [1.54, 1.807) is 36.8 Å². The normalized spacial score (nSPS) is 10.7. The number of pyridine rings is 1. The van der Waals surface area contributed by atoms with Gasteiger partial charge in [0.1, 0.15) is 17.9 Å². The van der Waals surface area contributed by atoms with Crippen LogP contribution in [-0.4, -0.2) is 33.0 Å². The Bertz CT molecular complexity index is 1180. The molecule has 0 fully saturated rings. The van der Waals surface area contributed by atoms with Gasteiger partial charge < -0.3 is 15.8 Å². The minimum atomic E-state index is -0.514. The predicted octanol–water partition coefficient (Wildman–Crippen LogP) is 2.21. The number of nitrogens with zero attached hydrogens (tertiary/aromatic N) is 3. The molecule has 0 unspecified atom stereocenters. The number of benzene rings is 2. The second-order valence-electron chi connectivity index (χ2n) is 6.58. The molecule has 0 spiro atoms. The maximum Gasteiger partial charge on any atom is 0.258 e. The average molecular weight is 401 g/mol. The molecule has 4 rings (SSSR count). The summed E-state index contributed by atoms with van der Waals surface area (Å²) in [5, 5.41) is 2.79. The smallest absolute Gasteiger partial charge is 0.258 e. The number of primary amides is 1. The van der Waals surface area contributed by atoms with Gasteiger partial charge in [0, 0.05) is 18.3 Å². The highest BCUT2D eigenvalue weighted by Crippen LogP contribution is 2.16. The number of rotatable bonds is 7. The van der Waals surface area contributed by atoms with Crippen LogP contribution in [0.1, 0.15) is 15.9 Å². The summed E-state index contributed by atoms with van der Waals surface area (Å²) in [5.41, 5.74) is 8.31. The fourth-order valence-corrected chi connectivity index (χ4v) is 2.92. The van der Waals surface area contributed by atoms with Crippen LogP contribution in [0.2, 0.25) is 0 Å². The predicted molar refractivity (Wildman–Crippen MR) is 111 cm³/mol. The molecule has 30 heavy (non-hydrogen) atoms. The molecule has 2 amide bonds. The Kier molecular flexibility index (Phi) is 5.38. The molecule has 8 heteroatoms. The van der Waals surface area contributed by atoms with E-state index in [2.05, 4.69) is 15.3 Å². The quantitative estimate of drug-likeness (QED) is 0.493. The molecule has 8 nitrogen and oxygen atoms in total. The maximum atomic E-state index is 12.0. The van der Waals surface area contributed by atoms with Gasteiger partial charge in [0.05, 0.1) is 11.0 Å². The van der Waals surface area contributed by atoms with Crippen molar-refractivity contribution in [2.24, 2.45) is 5.73 Å². The van der Waals surface area contributed by atoms with Gasteiger partial charge in [-0.15, -0.1) is 0 Å². The van der Waals surface area contributed by atoms with Crippen LogP contribution in [0.4, 0.5) is 0 Å². The van der Waals surface area contributed by atoms with Crippen LogP contribution >= 0.6 is 0 Å². The number of carbonyl (C=O) groups is 2. The lowest BCUT2D eigenvalue weighted by Crippen LogP contribution is -2.28. The molecular formula is C22H19N5O3. The Hall–Kier alpha value is -4.20. The van der Waals surface area contributed by atoms with Crippen molar-refractivity contribution in [3.63, 3.8) is 0 Å². The van der Waals surface area contributed by atoms with E-state index in [9.17, 15) is 9.59 Å². The minimum Gasteiger partial charge on any atom is -0.484 e. The topological polar surface area (TPSA) is 112 Å². The summed E-state index contributed by atoms with van der Waals surface area (Å²) in [7, 11) is 0. The number of ether oxygens (including phenoxy) is 1. The van der Waals surface area contributed by atoms with Crippen molar-refractivity contribution >= 4 is 22.8 Å². The molecule has 0 bridgehead atoms. The molecule has 4 aromatic rings. The molecule has 0 aliphatic carbocycles. The van der Waals surface area contributed by atoms with Gasteiger partial charge >= 0.3 is 0 Å². The Morgan fingerprint density at radius 1 is 1.00 bits per heavy atom. The molecule has 0 saturated carbocycles. The molecule has 0 saturated heterocycles. The van der Waals surface area contributed by atoms with Crippen LogP contribution in [0.5, 0.6) is 5.75 Å². The largest absolute Gasteiger partial charge is 0.484 e. The number of carbonyl (C=O) groups excluding carboxylic acids is 2. The van der Waals surface area contributed by atoms with Gasteiger partial charge in [-0.3, -0.25) is 14.2 Å². The number of nitrogens with one attached hydrogen (secondary N) is 1. The average Bonchev–Trinajstić information content (AvgIpc) is 3.21. The number of aromatic nitrogens is 3. The second-order valence-corrected chi connectivity index (χ2v) is 6.58. The Balaban J connectivity index is 1.30. The van der Waals surface area contributed by atoms with Gasteiger partial charge in [0.2, 0.25) is 5.91 Å². The molecule has 0 aliphatic heterocycles. The number of imidazole rings is 1. The number of fused-ring (bicyclic) bond motifs is 1. The van der Waals surface area contributed by atoms with E-state index in [1.165, 1.54) is 0 Å². The highest BCUT2D eigenvalue weighted by Gasteiger charge is 2.07. The minimum absolute atomic E-state index is 0.136. The van der Waals surface area contributed by atoms with Crippen molar-refractivity contribution in [1.82, 2.24) is 19.9 Å². The molecule has 0 radical (unpaired) electrons. The SMILES string of the molecule is NC(=O)c1ccc(OCC(=O)NCc2ccc(-n3cnc4ccccc43)nc2)cc1. The summed E-state index contributed by atoms with van der Waals surface area (Å²) in [4.78, 5) is 31.9. The van der Waals surface area contributed by atoms with E-state index < -0.39 is 5.91 Å². The van der Waals surface area contributed by atoms with Crippen molar-refractivity contribution in [3.05, 3.63) is 84.3 Å². The summed E-state index contributed by atoms with van der Waals surface area (Å²) >= 11 is 0. The van der Waals surface area contributed by atoms with E-state index in [1.807, 2.05) is 41.0 Å². The van der Waals surface area contributed by atoms with Crippen molar-refractivity contribution < 1.29 is 14.3 Å². The first-order valence-corrected chi connectivity index (χ1v) is 9.27. The molecular weight excluding hydrogens is 382 g/mol. The van der Waals surface area contributed by atoms with Gasteiger partial charge in [0.25, 0.3) is 5.91 Å². The van der Waals surface area contributed by atoms with Gasteiger partial charge in [0.15, 0.2) is 6.61 Å². The number of hydrogen-bond acceptors (Lipinski definition) is 5. The van der Waals surface area contributed by atoms with Gasteiger partial charge in [-0.2, -0.15) is 0 Å². The zero-order valence-corrected chi connectivity index (χ0v) is 16.0. The number of hydrogen-bond donors (Lipinski definition) is 2. The van der Waals surface area contributed by atoms with E-state index in [-0.39, 0.29) is 12.5 Å². The third kappa shape index (κ3) is 4.27. The fourth-order valence-electron chi connectivity index (χ4n) is 2.92. The van der Waals surface area contributed by atoms with Crippen LogP contribution in [0.3, 0.4) is 0 Å². The van der Waals surface area contributed by atoms with E-state index >= 15 is 0 Å². The van der Waals surface area contributed by atoms with Gasteiger partial charge in [-0.05, 0) is 48.0 Å². The summed E-state index contributed by atoms with van der Waals surface area (Å²) in [6.07, 6.45) is 3.45. The number of nitrogens with two attached hydrogens (primary N) is 1. The zero-order valence-electron chi connectivity index (χ0n) is 16.0. The first-order valence-electron chi connectivity index (χ1n) is 9.27. The first-order chi connectivity index (χ1) is 14.6. The second kappa shape index (κ2) is 8.44. The van der Waals surface area contributed by atoms with Gasteiger partial charge in [-0.25, -0.2) is 9.97 Å². The highest BCUT2D eigenvalue weighted by molar-refractivity contribution is 5.92. The molecule has 2 aromatic carbocycles. The molecule has 3 N–H and O–H groups in total. The number of amides is 2. The van der Waals surface area contributed by atoms with Crippen molar-refractivity contribution in [1.29, 1.82) is 0 Å². The van der Waals surface area contributed by atoms with E-state index in [0.717, 1.165) is 22.4 Å². The van der Waals surface area contributed by atoms with E-state index in [4.69, 9.17) is 10.5 Å². The molecule has 0 aliphatic rings. The summed E-state index contributed by atoms with van der Waals surface area (Å²) in [5.74, 6) is 0.453. The highest BCUT2D eigenvalue weighted by atomic mass is 16.5. The fraction of sp³-hybridized carbons (Fsp3) is 0.0909. The van der Waals surface area contributed by atoms with E-state index in [0.29, 0.717) is 17.9 Å². The first kappa shape index (κ1) is 19.1. The summed E-state index contributed by atoms with van der Waals surface area (Å²) < 4.78 is 7.32. The zero-order chi connectivity index (χ0) is 20.9. The molecule has 0 atom stereocenters. The van der Waals surface area contributed by atoms with Crippen LogP contribution in [0.15, 0.2) is 73.2 Å². The summed E-state index contributed by atoms with van der Waals surface area (Å²) in [6.45, 7) is 0.198. The standard InChI is InChI=1S/C22H19N5O3/c23-22(29)16-6-8-17(9-7-16)30-13-21(28)25-12-15-5-10-20(24-11-15)27-14-26-18-3-1-2-4-19(18)27/h1-11,14H,12-13H2,(H2,23,29)(H,25,28). The van der Waals surface area contributed by atoms with Crippen molar-refractivity contribution in [2.75, 3.05) is 6.61 Å². The lowest BCUT2D eigenvalue weighted by Gasteiger charge is -2.09. The van der Waals surface area contributed by atoms with Crippen LogP contribution in [0.25, 0.3) is 16.9 Å². The Morgan fingerprint density at radius 3 is 2.53 bits per heavy atom. The lowest BCUT2D eigenvalue weighted by molar-refractivity contribution is -0.123. The van der Waals surface area contributed by atoms with Gasteiger partial charge in [-0.1, -0.05) is 18.2 Å². The monoisotopic (exact) mass is 401 g/mol.